The number of carbonyl (C=O) groups is 1. The average molecular weight is 307 g/mol. The average Bonchev–Trinajstić information content (AvgIpc) is 2.84. The molecule has 1 aliphatic rings. The summed E-state index contributed by atoms with van der Waals surface area (Å²) in [5.74, 6) is 0.457. The van der Waals surface area contributed by atoms with Crippen molar-refractivity contribution in [2.24, 2.45) is 5.92 Å². The standard InChI is InChI=1S/C15H21N3O2S/c1-3-12(19)14-13(17)11(7-16)15(21-14)18(2)8-10-5-4-6-20-9-10/h10H,3-6,8-9,17H2,1-2H3. The molecule has 5 nitrogen and oxygen atoms in total. The second-order valence-corrected chi connectivity index (χ2v) is 6.38. The Morgan fingerprint density at radius 3 is 2.95 bits per heavy atom. The summed E-state index contributed by atoms with van der Waals surface area (Å²) >= 11 is 1.33. The van der Waals surface area contributed by atoms with E-state index in [1.807, 2.05) is 11.9 Å². The molecule has 1 saturated heterocycles. The number of nitriles is 1. The van der Waals surface area contributed by atoms with Gasteiger partial charge < -0.3 is 15.4 Å². The molecular formula is C15H21N3O2S. The van der Waals surface area contributed by atoms with Crippen LogP contribution in [0.3, 0.4) is 0 Å². The van der Waals surface area contributed by atoms with E-state index < -0.39 is 0 Å². The van der Waals surface area contributed by atoms with Gasteiger partial charge in [-0.1, -0.05) is 6.92 Å². The number of thiophene rings is 1. The monoisotopic (exact) mass is 307 g/mol. The van der Waals surface area contributed by atoms with Gasteiger partial charge in [-0.15, -0.1) is 11.3 Å². The van der Waals surface area contributed by atoms with Gasteiger partial charge in [-0.3, -0.25) is 4.79 Å². The van der Waals surface area contributed by atoms with Gasteiger partial charge in [0.1, 0.15) is 16.6 Å². The summed E-state index contributed by atoms with van der Waals surface area (Å²) in [7, 11) is 1.95. The molecule has 0 amide bonds. The topological polar surface area (TPSA) is 79.3 Å². The predicted molar refractivity (Wildman–Crippen MR) is 84.9 cm³/mol. The molecule has 0 saturated carbocycles. The third-order valence-electron chi connectivity index (χ3n) is 3.75. The summed E-state index contributed by atoms with van der Waals surface area (Å²) in [6.45, 7) is 4.21. The zero-order valence-electron chi connectivity index (χ0n) is 12.5. The van der Waals surface area contributed by atoms with Crippen LogP contribution in [0.15, 0.2) is 0 Å². The van der Waals surface area contributed by atoms with Gasteiger partial charge in [-0.05, 0) is 18.8 Å². The van der Waals surface area contributed by atoms with Crippen LogP contribution in [0.2, 0.25) is 0 Å². The number of nitrogen functional groups attached to an aromatic ring is 1. The Bertz CT molecular complexity index is 556. The molecule has 0 aliphatic carbocycles. The van der Waals surface area contributed by atoms with Crippen LogP contribution in [0, 0.1) is 17.2 Å². The lowest BCUT2D eigenvalue weighted by atomic mass is 10.0. The molecule has 114 valence electrons. The first-order valence-electron chi connectivity index (χ1n) is 7.22. The molecule has 0 bridgehead atoms. The quantitative estimate of drug-likeness (QED) is 0.846. The van der Waals surface area contributed by atoms with Gasteiger partial charge >= 0.3 is 0 Å². The van der Waals surface area contributed by atoms with Crippen LogP contribution in [0.5, 0.6) is 0 Å². The molecule has 2 N–H and O–H groups in total. The van der Waals surface area contributed by atoms with Crippen LogP contribution >= 0.6 is 11.3 Å². The van der Waals surface area contributed by atoms with Crippen molar-refractivity contribution in [3.05, 3.63) is 10.4 Å². The maximum absolute atomic E-state index is 11.9. The lowest BCUT2D eigenvalue weighted by Crippen LogP contribution is -2.30. The maximum atomic E-state index is 11.9. The third-order valence-corrected chi connectivity index (χ3v) is 5.11. The van der Waals surface area contributed by atoms with Gasteiger partial charge in [0.25, 0.3) is 0 Å². The van der Waals surface area contributed by atoms with Crippen molar-refractivity contribution in [1.29, 1.82) is 5.26 Å². The number of anilines is 2. The normalized spacial score (nSPS) is 18.2. The molecule has 0 radical (unpaired) electrons. The first-order chi connectivity index (χ1) is 10.1. The summed E-state index contributed by atoms with van der Waals surface area (Å²) in [5.41, 5.74) is 6.73. The van der Waals surface area contributed by atoms with Gasteiger partial charge in [0.2, 0.25) is 0 Å². The lowest BCUT2D eigenvalue weighted by molar-refractivity contribution is 0.0577. The summed E-state index contributed by atoms with van der Waals surface area (Å²) in [6, 6.07) is 2.14. The minimum absolute atomic E-state index is 0.00495. The highest BCUT2D eigenvalue weighted by Crippen LogP contribution is 2.38. The van der Waals surface area contributed by atoms with Gasteiger partial charge in [0.05, 0.1) is 17.2 Å². The number of ketones is 1. The predicted octanol–water partition coefficient (Wildman–Crippen LogP) is 2.66. The summed E-state index contributed by atoms with van der Waals surface area (Å²) < 4.78 is 5.49. The molecule has 1 fully saturated rings. The molecule has 1 aliphatic heterocycles. The molecular weight excluding hydrogens is 286 g/mol. The molecule has 1 atom stereocenters. The van der Waals surface area contributed by atoms with Crippen molar-refractivity contribution in [1.82, 2.24) is 0 Å². The minimum atomic E-state index is -0.00495. The van der Waals surface area contributed by atoms with Crippen LogP contribution in [0.25, 0.3) is 0 Å². The number of rotatable bonds is 5. The van der Waals surface area contributed by atoms with Crippen LogP contribution < -0.4 is 10.6 Å². The molecule has 0 spiro atoms. The van der Waals surface area contributed by atoms with Crippen molar-refractivity contribution in [3.8, 4) is 6.07 Å². The van der Waals surface area contributed by atoms with Gasteiger partial charge in [-0.2, -0.15) is 5.26 Å². The molecule has 1 unspecified atom stereocenters. The number of ether oxygens (including phenoxy) is 1. The van der Waals surface area contributed by atoms with E-state index in [0.29, 0.717) is 28.5 Å². The molecule has 2 heterocycles. The Morgan fingerprint density at radius 1 is 1.62 bits per heavy atom. The van der Waals surface area contributed by atoms with Crippen molar-refractivity contribution >= 4 is 27.8 Å². The number of hydrogen-bond donors (Lipinski definition) is 1. The zero-order chi connectivity index (χ0) is 15.4. The second-order valence-electron chi connectivity index (χ2n) is 5.38. The van der Waals surface area contributed by atoms with Crippen LogP contribution in [-0.2, 0) is 4.74 Å². The molecule has 21 heavy (non-hydrogen) atoms. The number of hydrogen-bond acceptors (Lipinski definition) is 6. The van der Waals surface area contributed by atoms with E-state index in [9.17, 15) is 10.1 Å². The Morgan fingerprint density at radius 2 is 2.38 bits per heavy atom. The largest absolute Gasteiger partial charge is 0.396 e. The first-order valence-corrected chi connectivity index (χ1v) is 8.04. The van der Waals surface area contributed by atoms with Crippen molar-refractivity contribution in [3.63, 3.8) is 0 Å². The van der Waals surface area contributed by atoms with E-state index in [0.717, 1.165) is 37.6 Å². The Hall–Kier alpha value is -1.58. The fraction of sp³-hybridized carbons (Fsp3) is 0.600. The first kappa shape index (κ1) is 15.8. The van der Waals surface area contributed by atoms with E-state index >= 15 is 0 Å². The zero-order valence-corrected chi connectivity index (χ0v) is 13.3. The summed E-state index contributed by atoms with van der Waals surface area (Å²) in [4.78, 5) is 14.5. The van der Waals surface area contributed by atoms with Gasteiger partial charge in [0.15, 0.2) is 5.78 Å². The van der Waals surface area contributed by atoms with Crippen LogP contribution in [-0.4, -0.2) is 32.6 Å². The SMILES string of the molecule is CCC(=O)c1sc(N(C)CC2CCCOC2)c(C#N)c1N. The summed E-state index contributed by atoms with van der Waals surface area (Å²) in [5, 5.41) is 10.1. The van der Waals surface area contributed by atoms with E-state index in [4.69, 9.17) is 10.5 Å². The highest BCUT2D eigenvalue weighted by Gasteiger charge is 2.24. The van der Waals surface area contributed by atoms with Gasteiger partial charge in [-0.25, -0.2) is 0 Å². The second kappa shape index (κ2) is 6.92. The molecule has 6 heteroatoms. The molecule has 2 rings (SSSR count). The van der Waals surface area contributed by atoms with Crippen LogP contribution in [0.1, 0.15) is 41.4 Å². The van der Waals surface area contributed by atoms with E-state index in [1.165, 1.54) is 11.3 Å². The maximum Gasteiger partial charge on any atom is 0.174 e. The highest BCUT2D eigenvalue weighted by molar-refractivity contribution is 7.19. The van der Waals surface area contributed by atoms with E-state index in [2.05, 4.69) is 6.07 Å². The highest BCUT2D eigenvalue weighted by atomic mass is 32.1. The lowest BCUT2D eigenvalue weighted by Gasteiger charge is -2.27. The Kier molecular flexibility index (Phi) is 5.21. The van der Waals surface area contributed by atoms with E-state index in [1.54, 1.807) is 6.92 Å². The van der Waals surface area contributed by atoms with Gasteiger partial charge in [0, 0.05) is 26.6 Å². The fourth-order valence-corrected chi connectivity index (χ4v) is 3.75. The van der Waals surface area contributed by atoms with Crippen LogP contribution in [0.4, 0.5) is 10.7 Å². The third kappa shape index (κ3) is 3.36. The fourth-order valence-electron chi connectivity index (χ4n) is 2.60. The molecule has 0 aromatic carbocycles. The Balaban J connectivity index is 2.21. The van der Waals surface area contributed by atoms with Crippen molar-refractivity contribution in [2.45, 2.75) is 26.2 Å². The Labute approximate surface area is 129 Å². The smallest absolute Gasteiger partial charge is 0.174 e. The number of nitrogens with two attached hydrogens (primary N) is 1. The molecule has 1 aromatic rings. The minimum Gasteiger partial charge on any atom is -0.396 e. The number of Topliss-reactive ketones (excluding diaryl/α,β-unsaturated/α-hetero) is 1. The number of nitrogens with zero attached hydrogens (tertiary/aromatic N) is 2. The summed E-state index contributed by atoms with van der Waals surface area (Å²) in [6.07, 6.45) is 2.61. The van der Waals surface area contributed by atoms with E-state index in [-0.39, 0.29) is 5.78 Å². The van der Waals surface area contributed by atoms with Crippen molar-refractivity contribution in [2.75, 3.05) is 37.4 Å². The molecule has 1 aromatic heterocycles. The van der Waals surface area contributed by atoms with Crippen molar-refractivity contribution < 1.29 is 9.53 Å². The number of carbonyl (C=O) groups excluding carboxylic acids is 1.